The fraction of sp³-hybridized carbons (Fsp3) is 0.581. The van der Waals surface area contributed by atoms with E-state index in [1.54, 1.807) is 13.8 Å². The Morgan fingerprint density at radius 1 is 0.841 bits per heavy atom. The summed E-state index contributed by atoms with van der Waals surface area (Å²) >= 11 is 0. The normalized spacial score (nSPS) is 29.6. The van der Waals surface area contributed by atoms with E-state index in [1.807, 2.05) is 16.8 Å². The molecule has 1 N–H and O–H groups in total. The van der Waals surface area contributed by atoms with E-state index in [2.05, 4.69) is 5.32 Å². The molecule has 1 fully saturated rings. The van der Waals surface area contributed by atoms with Crippen LogP contribution in [0.25, 0.3) is 0 Å². The molecule has 3 heterocycles. The van der Waals surface area contributed by atoms with Gasteiger partial charge in [-0.1, -0.05) is 0 Å². The molecule has 3 aliphatic heterocycles. The molecule has 2 bridgehead atoms. The van der Waals surface area contributed by atoms with Crippen molar-refractivity contribution < 1.29 is 47.7 Å². The van der Waals surface area contributed by atoms with Crippen molar-refractivity contribution in [3.05, 3.63) is 45.0 Å². The smallest absolute Gasteiger partial charge is 0.280 e. The Kier molecular flexibility index (Phi) is 8.31. The van der Waals surface area contributed by atoms with Gasteiger partial charge in [0.2, 0.25) is 17.4 Å². The molecule has 0 unspecified atom stereocenters. The lowest BCUT2D eigenvalue weighted by atomic mass is 9.68. The van der Waals surface area contributed by atoms with Crippen LogP contribution in [-0.2, 0) is 47.7 Å². The van der Waals surface area contributed by atoms with Crippen molar-refractivity contribution in [1.29, 1.82) is 0 Å². The molecule has 5 rings (SSSR count). The predicted octanol–water partition coefficient (Wildman–Crippen LogP) is 0.00330. The molecule has 0 aromatic carbocycles. The van der Waals surface area contributed by atoms with Gasteiger partial charge in [-0.2, -0.15) is 0 Å². The summed E-state index contributed by atoms with van der Waals surface area (Å²) in [5, 5.41) is 2.85. The molecule has 238 valence electrons. The highest BCUT2D eigenvalue weighted by molar-refractivity contribution is 6.26. The second kappa shape index (κ2) is 11.5. The standard InChI is InChI=1S/C31H39N3O10/c1-13-23(35)15-10-16-22-20-21(24(36)14(2)28(41-6)26(20)38)29(42-7)18(33(22)4)12-34(16)17(19(15)25(37)27(13)40-5)11-32-30(39)31(3,43-8)44-9/h16-18,22,29H,10-12H2,1-9H3,(H,32,39)/t16-,17-,18+,22-,29+/m0/s1. The fourth-order valence-corrected chi connectivity index (χ4v) is 7.46. The van der Waals surface area contributed by atoms with E-state index in [9.17, 15) is 24.0 Å². The minimum atomic E-state index is -1.60. The van der Waals surface area contributed by atoms with Gasteiger partial charge < -0.3 is 29.0 Å². The highest BCUT2D eigenvalue weighted by atomic mass is 16.7. The Morgan fingerprint density at radius 3 is 1.95 bits per heavy atom. The molecule has 44 heavy (non-hydrogen) atoms. The summed E-state index contributed by atoms with van der Waals surface area (Å²) in [5.41, 5.74) is 1.49. The molecule has 5 atom stereocenters. The second-order valence-electron chi connectivity index (χ2n) is 11.7. The molecule has 2 aliphatic carbocycles. The summed E-state index contributed by atoms with van der Waals surface area (Å²) in [5.74, 6) is -3.75. The van der Waals surface area contributed by atoms with E-state index in [-0.39, 0.29) is 58.3 Å². The summed E-state index contributed by atoms with van der Waals surface area (Å²) < 4.78 is 27.3. The largest absolute Gasteiger partial charge is 0.492 e. The number of rotatable bonds is 8. The second-order valence-corrected chi connectivity index (χ2v) is 11.7. The number of nitrogens with zero attached hydrogens (tertiary/aromatic N) is 2. The van der Waals surface area contributed by atoms with Crippen LogP contribution >= 0.6 is 0 Å². The zero-order chi connectivity index (χ0) is 32.4. The monoisotopic (exact) mass is 613 g/mol. The number of ether oxygens (including phenoxy) is 5. The number of carbonyl (C=O) groups is 5. The number of hydrogen-bond donors (Lipinski definition) is 1. The molecule has 0 aromatic rings. The van der Waals surface area contributed by atoms with Gasteiger partial charge in [-0.15, -0.1) is 0 Å². The highest BCUT2D eigenvalue weighted by Gasteiger charge is 2.59. The molecule has 0 aromatic heterocycles. The average Bonchev–Trinajstić information content (AvgIpc) is 3.01. The minimum Gasteiger partial charge on any atom is -0.492 e. The number of amides is 1. The number of methoxy groups -OCH3 is 5. The van der Waals surface area contributed by atoms with Crippen LogP contribution in [0.4, 0.5) is 0 Å². The Hall–Kier alpha value is -3.49. The first-order chi connectivity index (χ1) is 20.8. The van der Waals surface area contributed by atoms with E-state index in [0.29, 0.717) is 17.7 Å². The molecule has 13 nitrogen and oxygen atoms in total. The van der Waals surface area contributed by atoms with Crippen molar-refractivity contribution in [1.82, 2.24) is 15.1 Å². The molecule has 1 saturated heterocycles. The summed E-state index contributed by atoms with van der Waals surface area (Å²) in [6.07, 6.45) is -0.622. The number of piperazine rings is 1. The van der Waals surface area contributed by atoms with Gasteiger partial charge in [0.1, 0.15) is 6.10 Å². The van der Waals surface area contributed by atoms with Gasteiger partial charge in [-0.3, -0.25) is 33.8 Å². The first kappa shape index (κ1) is 31.9. The van der Waals surface area contributed by atoms with Gasteiger partial charge in [-0.25, -0.2) is 0 Å². The first-order valence-electron chi connectivity index (χ1n) is 14.4. The molecule has 0 radical (unpaired) electrons. The van der Waals surface area contributed by atoms with Crippen LogP contribution < -0.4 is 5.32 Å². The number of Topliss-reactive ketones (excluding diaryl/α,β-unsaturated/α-hetero) is 4. The van der Waals surface area contributed by atoms with E-state index in [4.69, 9.17) is 23.7 Å². The van der Waals surface area contributed by atoms with E-state index in [0.717, 1.165) is 0 Å². The maximum Gasteiger partial charge on any atom is 0.280 e. The first-order valence-corrected chi connectivity index (χ1v) is 14.4. The van der Waals surface area contributed by atoms with Crippen LogP contribution in [0.2, 0.25) is 0 Å². The maximum absolute atomic E-state index is 14.0. The number of carbonyl (C=O) groups excluding carboxylic acids is 5. The zero-order valence-electron chi connectivity index (χ0n) is 26.5. The van der Waals surface area contributed by atoms with Gasteiger partial charge in [0.15, 0.2) is 23.1 Å². The lowest BCUT2D eigenvalue weighted by Gasteiger charge is -2.59. The van der Waals surface area contributed by atoms with Crippen LogP contribution in [0.3, 0.4) is 0 Å². The lowest BCUT2D eigenvalue weighted by molar-refractivity contribution is -0.201. The topological polar surface area (TPSA) is 150 Å². The number of allylic oxidation sites excluding steroid dienone is 4. The summed E-state index contributed by atoms with van der Waals surface area (Å²) in [4.78, 5) is 72.7. The zero-order valence-corrected chi connectivity index (χ0v) is 26.5. The lowest BCUT2D eigenvalue weighted by Crippen LogP contribution is -2.74. The highest BCUT2D eigenvalue weighted by Crippen LogP contribution is 2.47. The molecule has 1 amide bonds. The SMILES string of the molecule is COC1=C(C)C(=O)C2=C(C1=O)[C@@H]1[C@@H]3CC4=C(C(=O)C(OC)=C(C)C4=O)[C@H](CNC(=O)C(C)(OC)OC)N3C[C@H]([C@H]2OC)N1C. The number of nitrogens with one attached hydrogen (secondary N) is 1. The van der Waals surface area contributed by atoms with Crippen molar-refractivity contribution in [2.45, 2.75) is 63.3 Å². The van der Waals surface area contributed by atoms with Gasteiger partial charge in [0.05, 0.1) is 32.3 Å². The summed E-state index contributed by atoms with van der Waals surface area (Å²) in [7, 11) is 8.73. The van der Waals surface area contributed by atoms with E-state index >= 15 is 0 Å². The Morgan fingerprint density at radius 2 is 1.41 bits per heavy atom. The number of fused-ring (bicyclic) bond motifs is 5. The van der Waals surface area contributed by atoms with E-state index in [1.165, 1.54) is 42.5 Å². The van der Waals surface area contributed by atoms with Crippen molar-refractivity contribution >= 4 is 29.0 Å². The molecule has 5 aliphatic rings. The molecule has 0 saturated carbocycles. The molecular formula is C31H39N3O10. The van der Waals surface area contributed by atoms with Gasteiger partial charge in [-0.05, 0) is 34.2 Å². The third-order valence-corrected chi connectivity index (χ3v) is 9.93. The van der Waals surface area contributed by atoms with Crippen molar-refractivity contribution in [3.8, 4) is 0 Å². The Labute approximate surface area is 255 Å². The number of ketones is 4. The van der Waals surface area contributed by atoms with Crippen LogP contribution in [0.5, 0.6) is 0 Å². The van der Waals surface area contributed by atoms with Crippen LogP contribution in [-0.4, -0.2) is 131 Å². The Balaban J connectivity index is 1.67. The Bertz CT molecular complexity index is 1480. The summed E-state index contributed by atoms with van der Waals surface area (Å²) in [6, 6.07) is -2.34. The van der Waals surface area contributed by atoms with Crippen molar-refractivity contribution in [3.63, 3.8) is 0 Å². The number of hydrogen-bond acceptors (Lipinski definition) is 12. The molecule has 13 heteroatoms. The third kappa shape index (κ3) is 4.36. The quantitative estimate of drug-likeness (QED) is 0.290. The van der Waals surface area contributed by atoms with Gasteiger partial charge in [0, 0.05) is 73.9 Å². The van der Waals surface area contributed by atoms with Crippen molar-refractivity contribution in [2.75, 3.05) is 55.7 Å². The minimum absolute atomic E-state index is 0.0297. The maximum atomic E-state index is 14.0. The average molecular weight is 614 g/mol. The van der Waals surface area contributed by atoms with Gasteiger partial charge >= 0.3 is 0 Å². The third-order valence-electron chi connectivity index (χ3n) is 9.93. The predicted molar refractivity (Wildman–Crippen MR) is 154 cm³/mol. The van der Waals surface area contributed by atoms with Crippen LogP contribution in [0.1, 0.15) is 27.2 Å². The molecule has 0 spiro atoms. The van der Waals surface area contributed by atoms with Crippen molar-refractivity contribution in [2.24, 2.45) is 0 Å². The van der Waals surface area contributed by atoms with Gasteiger partial charge in [0.25, 0.3) is 5.91 Å². The number of likely N-dealkylation sites (N-methyl/N-ethyl adjacent to an activating group) is 1. The molecular weight excluding hydrogens is 574 g/mol. The fourth-order valence-electron chi connectivity index (χ4n) is 7.46. The van der Waals surface area contributed by atoms with E-state index < -0.39 is 53.5 Å². The van der Waals surface area contributed by atoms with Crippen LogP contribution in [0, 0.1) is 0 Å². The summed E-state index contributed by atoms with van der Waals surface area (Å²) in [6.45, 7) is 4.81. The van der Waals surface area contributed by atoms with Crippen LogP contribution in [0.15, 0.2) is 45.0 Å².